The highest BCUT2D eigenvalue weighted by Crippen LogP contribution is 2.42. The van der Waals surface area contributed by atoms with E-state index in [0.717, 1.165) is 5.56 Å². The zero-order valence-electron chi connectivity index (χ0n) is 21.2. The van der Waals surface area contributed by atoms with Crippen LogP contribution in [0.1, 0.15) is 43.6 Å². The molecule has 0 amide bonds. The van der Waals surface area contributed by atoms with Crippen molar-refractivity contribution in [3.63, 3.8) is 0 Å². The molecule has 0 aliphatic rings. The second-order valence-electron chi connectivity index (χ2n) is 9.93. The maximum absolute atomic E-state index is 15.2. The quantitative estimate of drug-likeness (QED) is 0.398. The first kappa shape index (κ1) is 29.2. The lowest BCUT2D eigenvalue weighted by Crippen LogP contribution is -2.51. The third-order valence-corrected chi connectivity index (χ3v) is 12.7. The van der Waals surface area contributed by atoms with Crippen LogP contribution in [-0.4, -0.2) is 41.0 Å². The first-order valence-corrected chi connectivity index (χ1v) is 15.7. The summed E-state index contributed by atoms with van der Waals surface area (Å²) in [6.45, 7) is 13.1. The van der Waals surface area contributed by atoms with Crippen LogP contribution in [0.15, 0.2) is 35.2 Å². The van der Waals surface area contributed by atoms with Crippen molar-refractivity contribution in [3.05, 3.63) is 57.9 Å². The van der Waals surface area contributed by atoms with E-state index in [0.29, 0.717) is 5.56 Å². The van der Waals surface area contributed by atoms with Crippen molar-refractivity contribution in [3.8, 4) is 5.75 Å². The van der Waals surface area contributed by atoms with Crippen molar-refractivity contribution >= 4 is 35.9 Å². The molecule has 0 radical (unpaired) electrons. The van der Waals surface area contributed by atoms with Crippen LogP contribution in [0.5, 0.6) is 5.75 Å². The lowest BCUT2D eigenvalue weighted by molar-refractivity contribution is -0.141. The number of aryl methyl sites for hydroxylation is 1. The van der Waals surface area contributed by atoms with E-state index in [1.165, 1.54) is 31.4 Å². The highest BCUT2D eigenvalue weighted by molar-refractivity contribution is 7.89. The van der Waals surface area contributed by atoms with Crippen LogP contribution in [0.3, 0.4) is 0 Å². The first-order valence-electron chi connectivity index (χ1n) is 10.9. The van der Waals surface area contributed by atoms with E-state index in [1.54, 1.807) is 19.9 Å². The molecule has 0 aliphatic carbocycles. The molecule has 0 spiro atoms. The summed E-state index contributed by atoms with van der Waals surface area (Å²) in [4.78, 5) is 12.2. The summed E-state index contributed by atoms with van der Waals surface area (Å²) in [5, 5.41) is 10.1. The van der Waals surface area contributed by atoms with E-state index in [9.17, 15) is 18.3 Å². The molecule has 0 saturated heterocycles. The van der Waals surface area contributed by atoms with Crippen molar-refractivity contribution in [2.24, 2.45) is 0 Å². The number of carboxylic acids is 1. The van der Waals surface area contributed by atoms with E-state index < -0.39 is 42.3 Å². The molecule has 11 heteroatoms. The molecule has 2 aromatic rings. The fourth-order valence-electron chi connectivity index (χ4n) is 3.28. The zero-order valence-corrected chi connectivity index (χ0v) is 23.8. The molecule has 0 heterocycles. The fourth-order valence-corrected chi connectivity index (χ4v) is 6.02. The maximum atomic E-state index is 15.2. The number of rotatable bonds is 9. The molecule has 0 fully saturated rings. The Morgan fingerprint density at radius 2 is 1.77 bits per heavy atom. The molecule has 2 aromatic carbocycles. The summed E-state index contributed by atoms with van der Waals surface area (Å²) >= 11 is 5.95. The Labute approximate surface area is 212 Å². The Balaban J connectivity index is 2.72. The lowest BCUT2D eigenvalue weighted by atomic mass is 9.94. The van der Waals surface area contributed by atoms with Gasteiger partial charge in [0.2, 0.25) is 10.0 Å². The molecule has 0 bridgehead atoms. The van der Waals surface area contributed by atoms with E-state index in [2.05, 4.69) is 4.72 Å². The van der Waals surface area contributed by atoms with Gasteiger partial charge in [0.15, 0.2) is 8.32 Å². The molecule has 0 saturated carbocycles. The summed E-state index contributed by atoms with van der Waals surface area (Å²) in [5.74, 6) is -2.24. The molecular formula is C24H33ClFNO6SSi. The van der Waals surface area contributed by atoms with Crippen LogP contribution < -0.4 is 9.46 Å². The standard InChI is InChI=1S/C24H33ClFNO6SSi/c1-14-9-11-17(26)20(15(14)2)22(33-35(7,8)24(3,4)5)21(23(28)29)27-34(30,31)19-12-10-16(25)13-18(19)32-6/h9-13,21-22,27H,1-8H3,(H,28,29). The Morgan fingerprint density at radius 3 is 2.29 bits per heavy atom. The minimum absolute atomic E-state index is 0.00740. The van der Waals surface area contributed by atoms with E-state index in [4.69, 9.17) is 20.8 Å². The highest BCUT2D eigenvalue weighted by Gasteiger charge is 2.45. The normalized spacial score (nSPS) is 14.5. The summed E-state index contributed by atoms with van der Waals surface area (Å²) < 4.78 is 55.7. The van der Waals surface area contributed by atoms with Gasteiger partial charge in [0.05, 0.1) is 7.11 Å². The van der Waals surface area contributed by atoms with Crippen LogP contribution in [0.25, 0.3) is 0 Å². The van der Waals surface area contributed by atoms with E-state index in [-0.39, 0.29) is 26.3 Å². The minimum atomic E-state index is -4.45. The van der Waals surface area contributed by atoms with Crippen molar-refractivity contribution < 1.29 is 31.9 Å². The summed E-state index contributed by atoms with van der Waals surface area (Å²) in [6.07, 6.45) is -1.43. The molecule has 2 atom stereocenters. The molecule has 194 valence electrons. The topological polar surface area (TPSA) is 102 Å². The minimum Gasteiger partial charge on any atom is -0.495 e. The van der Waals surface area contributed by atoms with Gasteiger partial charge in [0, 0.05) is 16.7 Å². The summed E-state index contributed by atoms with van der Waals surface area (Å²) in [6, 6.07) is 4.85. The Kier molecular flexibility index (Phi) is 8.82. The summed E-state index contributed by atoms with van der Waals surface area (Å²) in [5.41, 5.74) is 1.22. The van der Waals surface area contributed by atoms with Gasteiger partial charge in [-0.05, 0) is 61.3 Å². The van der Waals surface area contributed by atoms with Crippen molar-refractivity contribution in [1.82, 2.24) is 4.72 Å². The van der Waals surface area contributed by atoms with E-state index in [1.807, 2.05) is 33.9 Å². The predicted molar refractivity (Wildman–Crippen MR) is 137 cm³/mol. The number of sulfonamides is 1. The number of halogens is 2. The third-order valence-electron chi connectivity index (χ3n) is 6.51. The van der Waals surface area contributed by atoms with Crippen LogP contribution in [0, 0.1) is 19.7 Å². The van der Waals surface area contributed by atoms with Crippen LogP contribution in [0.4, 0.5) is 4.39 Å². The molecule has 2 N–H and O–H groups in total. The number of ether oxygens (including phenoxy) is 1. The average Bonchev–Trinajstić information content (AvgIpc) is 2.72. The number of hydrogen-bond acceptors (Lipinski definition) is 5. The summed E-state index contributed by atoms with van der Waals surface area (Å²) in [7, 11) is -5.88. The fraction of sp³-hybridized carbons (Fsp3) is 0.458. The Hall–Kier alpha value is -1.98. The van der Waals surface area contributed by atoms with Gasteiger partial charge in [-0.2, -0.15) is 4.72 Å². The molecule has 0 aliphatic heterocycles. The van der Waals surface area contributed by atoms with Crippen molar-refractivity contribution in [1.29, 1.82) is 0 Å². The van der Waals surface area contributed by atoms with Gasteiger partial charge in [-0.3, -0.25) is 4.79 Å². The molecule has 7 nitrogen and oxygen atoms in total. The van der Waals surface area contributed by atoms with Crippen LogP contribution in [0.2, 0.25) is 23.2 Å². The third kappa shape index (κ3) is 6.42. The smallest absolute Gasteiger partial charge is 0.324 e. The van der Waals surface area contributed by atoms with Gasteiger partial charge in [0.25, 0.3) is 0 Å². The van der Waals surface area contributed by atoms with Gasteiger partial charge >= 0.3 is 5.97 Å². The molecule has 35 heavy (non-hydrogen) atoms. The van der Waals surface area contributed by atoms with Gasteiger partial charge in [0.1, 0.15) is 28.6 Å². The van der Waals surface area contributed by atoms with Crippen molar-refractivity contribution in [2.75, 3.05) is 7.11 Å². The van der Waals surface area contributed by atoms with Gasteiger partial charge in [-0.25, -0.2) is 12.8 Å². The van der Waals surface area contributed by atoms with Gasteiger partial charge < -0.3 is 14.3 Å². The van der Waals surface area contributed by atoms with Crippen LogP contribution >= 0.6 is 11.6 Å². The molecule has 0 aromatic heterocycles. The largest absolute Gasteiger partial charge is 0.495 e. The Bertz CT molecular complexity index is 1210. The number of carboxylic acid groups (broad SMARTS) is 1. The van der Waals surface area contributed by atoms with E-state index >= 15 is 4.39 Å². The number of methoxy groups -OCH3 is 1. The zero-order chi connectivity index (χ0) is 26.9. The second kappa shape index (κ2) is 10.6. The molecule has 2 unspecified atom stereocenters. The highest BCUT2D eigenvalue weighted by atomic mass is 35.5. The van der Waals surface area contributed by atoms with Crippen molar-refractivity contribution in [2.45, 2.75) is 69.8 Å². The number of benzene rings is 2. The monoisotopic (exact) mass is 545 g/mol. The van der Waals surface area contributed by atoms with Crippen LogP contribution in [-0.2, 0) is 19.2 Å². The van der Waals surface area contributed by atoms with Gasteiger partial charge in [-0.15, -0.1) is 0 Å². The number of aliphatic carboxylic acids is 1. The number of nitrogens with one attached hydrogen (secondary N) is 1. The first-order chi connectivity index (χ1) is 15.9. The Morgan fingerprint density at radius 1 is 1.17 bits per heavy atom. The second-order valence-corrected chi connectivity index (χ2v) is 16.8. The van der Waals surface area contributed by atoms with Gasteiger partial charge in [-0.1, -0.05) is 38.4 Å². The predicted octanol–water partition coefficient (Wildman–Crippen LogP) is 5.60. The number of carbonyl (C=O) groups is 1. The molecular weight excluding hydrogens is 513 g/mol. The average molecular weight is 546 g/mol. The SMILES string of the molecule is COc1cc(Cl)ccc1S(=O)(=O)NC(C(=O)O)C(O[Si](C)(C)C(C)(C)C)c1c(F)ccc(C)c1C. The number of hydrogen-bond donors (Lipinski definition) is 2. The lowest BCUT2D eigenvalue weighted by Gasteiger charge is -2.41. The maximum Gasteiger partial charge on any atom is 0.324 e. The molecule has 2 rings (SSSR count).